The highest BCUT2D eigenvalue weighted by atomic mass is 16.2. The monoisotopic (exact) mass is 296 g/mol. The largest absolute Gasteiger partial charge is 0.355 e. The van der Waals surface area contributed by atoms with E-state index in [0.29, 0.717) is 25.0 Å². The fourth-order valence-electron chi connectivity index (χ4n) is 3.20. The van der Waals surface area contributed by atoms with Gasteiger partial charge in [0, 0.05) is 32.7 Å². The van der Waals surface area contributed by atoms with Crippen LogP contribution in [0.15, 0.2) is 0 Å². The van der Waals surface area contributed by atoms with Gasteiger partial charge in [0.25, 0.3) is 0 Å². The zero-order chi connectivity index (χ0) is 15.2. The molecule has 2 heterocycles. The van der Waals surface area contributed by atoms with Gasteiger partial charge in [0.05, 0.1) is 13.1 Å². The lowest BCUT2D eigenvalue weighted by atomic mass is 9.94. The molecule has 0 aromatic heterocycles. The van der Waals surface area contributed by atoms with Crippen LogP contribution in [-0.2, 0) is 9.59 Å². The van der Waals surface area contributed by atoms with Crippen LogP contribution in [0, 0.1) is 5.92 Å². The van der Waals surface area contributed by atoms with Crippen molar-refractivity contribution in [1.82, 2.24) is 20.4 Å². The second-order valence-corrected chi connectivity index (χ2v) is 6.26. The lowest BCUT2D eigenvalue weighted by molar-refractivity contribution is -0.135. The van der Waals surface area contributed by atoms with Crippen LogP contribution in [0.5, 0.6) is 0 Å². The van der Waals surface area contributed by atoms with Gasteiger partial charge in [-0.15, -0.1) is 0 Å². The summed E-state index contributed by atoms with van der Waals surface area (Å²) < 4.78 is 0. The molecule has 0 aromatic carbocycles. The number of amides is 2. The molecule has 2 unspecified atom stereocenters. The van der Waals surface area contributed by atoms with E-state index in [-0.39, 0.29) is 18.4 Å². The van der Waals surface area contributed by atoms with Gasteiger partial charge in [-0.1, -0.05) is 6.92 Å². The fourth-order valence-corrected chi connectivity index (χ4v) is 3.20. The van der Waals surface area contributed by atoms with Crippen LogP contribution in [0.1, 0.15) is 26.2 Å². The predicted molar refractivity (Wildman–Crippen MR) is 81.9 cm³/mol. The van der Waals surface area contributed by atoms with Gasteiger partial charge in [-0.3, -0.25) is 14.5 Å². The molecule has 6 nitrogen and oxygen atoms in total. The van der Waals surface area contributed by atoms with E-state index < -0.39 is 0 Å². The van der Waals surface area contributed by atoms with Crippen molar-refractivity contribution in [3.05, 3.63) is 0 Å². The molecular formula is C15H28N4O2. The van der Waals surface area contributed by atoms with E-state index in [4.69, 9.17) is 0 Å². The van der Waals surface area contributed by atoms with Crippen molar-refractivity contribution in [2.45, 2.75) is 32.2 Å². The maximum atomic E-state index is 12.2. The highest BCUT2D eigenvalue weighted by Gasteiger charge is 2.35. The molecule has 2 atom stereocenters. The third-order valence-corrected chi connectivity index (χ3v) is 4.41. The standard InChI is InChI=1S/C15H28N4O2/c1-3-6-17-14(20)10-18(2)15(21)11-19-8-12-5-4-7-16-13(12)9-19/h12-13,16H,3-11H2,1-2H3,(H,17,20). The molecule has 0 bridgehead atoms. The quantitative estimate of drug-likeness (QED) is 0.703. The van der Waals surface area contributed by atoms with Crippen molar-refractivity contribution in [2.75, 3.05) is 46.3 Å². The topological polar surface area (TPSA) is 64.7 Å². The lowest BCUT2D eigenvalue weighted by Crippen LogP contribution is -2.43. The average Bonchev–Trinajstić information content (AvgIpc) is 2.87. The number of likely N-dealkylation sites (tertiary alicyclic amines) is 1. The van der Waals surface area contributed by atoms with Crippen LogP contribution in [-0.4, -0.2) is 74.0 Å². The highest BCUT2D eigenvalue weighted by molar-refractivity contribution is 5.85. The average molecular weight is 296 g/mol. The van der Waals surface area contributed by atoms with Crippen LogP contribution < -0.4 is 10.6 Å². The summed E-state index contributed by atoms with van der Waals surface area (Å²) in [6, 6.07) is 0.546. The van der Waals surface area contributed by atoms with Crippen LogP contribution in [0.2, 0.25) is 0 Å². The van der Waals surface area contributed by atoms with Gasteiger partial charge in [0.15, 0.2) is 0 Å². The number of piperidine rings is 1. The Hall–Kier alpha value is -1.14. The summed E-state index contributed by atoms with van der Waals surface area (Å²) in [6.45, 7) is 6.30. The summed E-state index contributed by atoms with van der Waals surface area (Å²) in [4.78, 5) is 27.6. The highest BCUT2D eigenvalue weighted by Crippen LogP contribution is 2.24. The van der Waals surface area contributed by atoms with Crippen LogP contribution in [0.3, 0.4) is 0 Å². The first-order chi connectivity index (χ1) is 10.1. The normalized spacial score (nSPS) is 25.4. The number of carbonyl (C=O) groups is 2. The van der Waals surface area contributed by atoms with Crippen molar-refractivity contribution in [3.8, 4) is 0 Å². The number of nitrogens with one attached hydrogen (secondary N) is 2. The van der Waals surface area contributed by atoms with Gasteiger partial charge in [-0.2, -0.15) is 0 Å². The number of hydrogen-bond donors (Lipinski definition) is 2. The van der Waals surface area contributed by atoms with Gasteiger partial charge >= 0.3 is 0 Å². The molecule has 2 aliphatic heterocycles. The predicted octanol–water partition coefficient (Wildman–Crippen LogP) is -0.345. The molecule has 0 saturated carbocycles. The van der Waals surface area contributed by atoms with Gasteiger partial charge in [0.1, 0.15) is 0 Å². The van der Waals surface area contributed by atoms with Gasteiger partial charge < -0.3 is 15.5 Å². The Morgan fingerprint density at radius 3 is 2.90 bits per heavy atom. The van der Waals surface area contributed by atoms with Crippen molar-refractivity contribution < 1.29 is 9.59 Å². The third kappa shape index (κ3) is 4.68. The third-order valence-electron chi connectivity index (χ3n) is 4.41. The van der Waals surface area contributed by atoms with E-state index in [1.54, 1.807) is 7.05 Å². The maximum Gasteiger partial charge on any atom is 0.239 e. The molecule has 2 N–H and O–H groups in total. The van der Waals surface area contributed by atoms with Gasteiger partial charge in [-0.05, 0) is 31.7 Å². The molecule has 0 aromatic rings. The molecular weight excluding hydrogens is 268 g/mol. The summed E-state index contributed by atoms with van der Waals surface area (Å²) in [7, 11) is 1.70. The first-order valence-corrected chi connectivity index (χ1v) is 8.06. The number of rotatable bonds is 6. The molecule has 120 valence electrons. The number of carbonyl (C=O) groups excluding carboxylic acids is 2. The van der Waals surface area contributed by atoms with E-state index in [1.807, 2.05) is 6.92 Å². The van der Waals surface area contributed by atoms with E-state index in [1.165, 1.54) is 17.7 Å². The van der Waals surface area contributed by atoms with Crippen LogP contribution in [0.25, 0.3) is 0 Å². The summed E-state index contributed by atoms with van der Waals surface area (Å²) in [5, 5.41) is 6.33. The lowest BCUT2D eigenvalue weighted by Gasteiger charge is -2.24. The minimum Gasteiger partial charge on any atom is -0.355 e. The van der Waals surface area contributed by atoms with Crippen molar-refractivity contribution in [2.24, 2.45) is 5.92 Å². The zero-order valence-corrected chi connectivity index (χ0v) is 13.2. The van der Waals surface area contributed by atoms with Gasteiger partial charge in [0.2, 0.25) is 11.8 Å². The number of likely N-dealkylation sites (N-methyl/N-ethyl adjacent to an activating group) is 1. The molecule has 0 radical (unpaired) electrons. The van der Waals surface area contributed by atoms with Crippen molar-refractivity contribution in [1.29, 1.82) is 0 Å². The summed E-state index contributed by atoms with van der Waals surface area (Å²) in [5.74, 6) is 0.634. The van der Waals surface area contributed by atoms with Crippen LogP contribution in [0.4, 0.5) is 0 Å². The Labute approximate surface area is 127 Å². The Bertz CT molecular complexity index is 361. The molecule has 0 spiro atoms. The minimum atomic E-state index is -0.0792. The smallest absolute Gasteiger partial charge is 0.239 e. The Morgan fingerprint density at radius 1 is 1.38 bits per heavy atom. The molecule has 0 aliphatic carbocycles. The Morgan fingerprint density at radius 2 is 2.19 bits per heavy atom. The summed E-state index contributed by atoms with van der Waals surface area (Å²) in [6.07, 6.45) is 3.41. The van der Waals surface area contributed by atoms with Crippen molar-refractivity contribution >= 4 is 11.8 Å². The number of fused-ring (bicyclic) bond motifs is 1. The first kappa shape index (κ1) is 16.2. The SMILES string of the molecule is CCCNC(=O)CN(C)C(=O)CN1CC2CCCNC2C1. The maximum absolute atomic E-state index is 12.2. The molecule has 21 heavy (non-hydrogen) atoms. The summed E-state index contributed by atoms with van der Waals surface area (Å²) in [5.41, 5.74) is 0. The molecule has 2 fully saturated rings. The molecule has 2 amide bonds. The van der Waals surface area contributed by atoms with E-state index in [2.05, 4.69) is 15.5 Å². The first-order valence-electron chi connectivity index (χ1n) is 8.06. The zero-order valence-electron chi connectivity index (χ0n) is 13.2. The van der Waals surface area contributed by atoms with Gasteiger partial charge in [-0.25, -0.2) is 0 Å². The number of nitrogens with zero attached hydrogens (tertiary/aromatic N) is 2. The molecule has 6 heteroatoms. The fraction of sp³-hybridized carbons (Fsp3) is 0.867. The molecule has 2 aliphatic rings. The Balaban J connectivity index is 1.72. The summed E-state index contributed by atoms with van der Waals surface area (Å²) >= 11 is 0. The molecule has 2 saturated heterocycles. The number of hydrogen-bond acceptors (Lipinski definition) is 4. The van der Waals surface area contributed by atoms with E-state index in [9.17, 15) is 9.59 Å². The second-order valence-electron chi connectivity index (χ2n) is 6.26. The Kier molecular flexibility index (Phi) is 5.99. The molecule has 2 rings (SSSR count). The van der Waals surface area contributed by atoms with E-state index in [0.717, 1.165) is 26.1 Å². The minimum absolute atomic E-state index is 0.0281. The van der Waals surface area contributed by atoms with Crippen LogP contribution >= 0.6 is 0 Å². The van der Waals surface area contributed by atoms with Crippen molar-refractivity contribution in [3.63, 3.8) is 0 Å². The second kappa shape index (κ2) is 7.75. The van der Waals surface area contributed by atoms with E-state index >= 15 is 0 Å².